The van der Waals surface area contributed by atoms with Crippen LogP contribution in [0.2, 0.25) is 0 Å². The highest BCUT2D eigenvalue weighted by Crippen LogP contribution is 2.18. The molecule has 16 heavy (non-hydrogen) atoms. The van der Waals surface area contributed by atoms with Crippen LogP contribution in [0.3, 0.4) is 0 Å². The van der Waals surface area contributed by atoms with Crippen molar-refractivity contribution in [2.75, 3.05) is 12.3 Å². The minimum atomic E-state index is -0.349. The van der Waals surface area contributed by atoms with Gasteiger partial charge in [0.25, 0.3) is 0 Å². The van der Waals surface area contributed by atoms with Crippen molar-refractivity contribution in [3.63, 3.8) is 0 Å². The van der Waals surface area contributed by atoms with Gasteiger partial charge in [0.05, 0.1) is 12.2 Å². The van der Waals surface area contributed by atoms with Crippen LogP contribution in [-0.4, -0.2) is 17.6 Å². The van der Waals surface area contributed by atoms with E-state index in [0.29, 0.717) is 18.0 Å². The van der Waals surface area contributed by atoms with Gasteiger partial charge < -0.3 is 10.5 Å². The number of hydrogen-bond acceptors (Lipinski definition) is 4. The largest absolute Gasteiger partial charge is 0.462 e. The average molecular weight is 222 g/mol. The number of rotatable bonds is 3. The third-order valence-corrected chi connectivity index (χ3v) is 2.10. The summed E-state index contributed by atoms with van der Waals surface area (Å²) >= 11 is 0. The molecule has 1 heterocycles. The van der Waals surface area contributed by atoms with Crippen molar-refractivity contribution in [2.45, 2.75) is 27.2 Å². The summed E-state index contributed by atoms with van der Waals surface area (Å²) in [4.78, 5) is 15.4. The first-order valence-corrected chi connectivity index (χ1v) is 5.27. The topological polar surface area (TPSA) is 65.2 Å². The van der Waals surface area contributed by atoms with E-state index in [1.807, 2.05) is 0 Å². The van der Waals surface area contributed by atoms with Gasteiger partial charge in [-0.3, -0.25) is 0 Å². The van der Waals surface area contributed by atoms with E-state index in [0.717, 1.165) is 6.42 Å². The molecule has 4 heteroatoms. The molecule has 0 atom stereocenters. The first-order valence-electron chi connectivity index (χ1n) is 5.27. The highest BCUT2D eigenvalue weighted by Gasteiger charge is 2.12. The van der Waals surface area contributed by atoms with E-state index in [4.69, 9.17) is 10.5 Å². The highest BCUT2D eigenvalue weighted by atomic mass is 16.5. The molecule has 0 fully saturated rings. The Morgan fingerprint density at radius 1 is 1.50 bits per heavy atom. The molecule has 0 spiro atoms. The van der Waals surface area contributed by atoms with Crippen molar-refractivity contribution >= 4 is 11.8 Å². The molecule has 0 aliphatic rings. The number of carbonyl (C=O) groups excluding carboxylic acids is 1. The van der Waals surface area contributed by atoms with Gasteiger partial charge in [0.2, 0.25) is 0 Å². The molecule has 0 saturated carbocycles. The molecule has 0 saturated heterocycles. The second-order valence-electron chi connectivity index (χ2n) is 4.92. The molecule has 0 aliphatic heterocycles. The first kappa shape index (κ1) is 12.5. The van der Waals surface area contributed by atoms with Gasteiger partial charge in [0.15, 0.2) is 0 Å². The number of anilines is 1. The van der Waals surface area contributed by atoms with Crippen LogP contribution in [0.4, 0.5) is 5.82 Å². The number of ether oxygens (including phenoxy) is 1. The predicted molar refractivity (Wildman–Crippen MR) is 63.0 cm³/mol. The number of esters is 1. The lowest BCUT2D eigenvalue weighted by molar-refractivity contribution is 0.0465. The molecular weight excluding hydrogens is 204 g/mol. The standard InChI is InChI=1S/C12H18N2O2/c1-12(2,3)5-7-16-11(15)9-4-6-14-10(13)8-9/h4,6,8H,5,7H2,1-3H3,(H2,13,14). The summed E-state index contributed by atoms with van der Waals surface area (Å²) < 4.78 is 5.14. The molecule has 0 unspecified atom stereocenters. The zero-order chi connectivity index (χ0) is 12.2. The summed E-state index contributed by atoms with van der Waals surface area (Å²) in [6.45, 7) is 6.73. The number of hydrogen-bond donors (Lipinski definition) is 1. The Labute approximate surface area is 95.8 Å². The van der Waals surface area contributed by atoms with Crippen molar-refractivity contribution in [2.24, 2.45) is 5.41 Å². The van der Waals surface area contributed by atoms with Crippen LogP contribution in [-0.2, 0) is 4.74 Å². The quantitative estimate of drug-likeness (QED) is 0.797. The van der Waals surface area contributed by atoms with Crippen molar-refractivity contribution in [1.29, 1.82) is 0 Å². The molecule has 0 amide bonds. The molecule has 2 N–H and O–H groups in total. The maximum absolute atomic E-state index is 11.6. The van der Waals surface area contributed by atoms with Gasteiger partial charge in [-0.05, 0) is 24.0 Å². The lowest BCUT2D eigenvalue weighted by Gasteiger charge is -2.17. The maximum Gasteiger partial charge on any atom is 0.338 e. The zero-order valence-electron chi connectivity index (χ0n) is 9.99. The summed E-state index contributed by atoms with van der Waals surface area (Å²) in [5.74, 6) is -0.0244. The molecule has 1 rings (SSSR count). The Bertz CT molecular complexity index is 370. The van der Waals surface area contributed by atoms with Crippen LogP contribution in [0.5, 0.6) is 0 Å². The number of nitrogen functional groups attached to an aromatic ring is 1. The van der Waals surface area contributed by atoms with E-state index >= 15 is 0 Å². The Morgan fingerprint density at radius 2 is 2.19 bits per heavy atom. The molecule has 0 bridgehead atoms. The van der Waals surface area contributed by atoms with Gasteiger partial charge in [0, 0.05) is 6.20 Å². The summed E-state index contributed by atoms with van der Waals surface area (Å²) in [5, 5.41) is 0. The summed E-state index contributed by atoms with van der Waals surface area (Å²) in [5.41, 5.74) is 6.09. The van der Waals surface area contributed by atoms with Gasteiger partial charge in [-0.15, -0.1) is 0 Å². The van der Waals surface area contributed by atoms with Crippen molar-refractivity contribution < 1.29 is 9.53 Å². The van der Waals surface area contributed by atoms with Crippen LogP contribution < -0.4 is 5.73 Å². The number of aromatic nitrogens is 1. The van der Waals surface area contributed by atoms with Gasteiger partial charge >= 0.3 is 5.97 Å². The van der Waals surface area contributed by atoms with Crippen molar-refractivity contribution in [1.82, 2.24) is 4.98 Å². The minimum absolute atomic E-state index is 0.164. The van der Waals surface area contributed by atoms with Gasteiger partial charge in [-0.2, -0.15) is 0 Å². The maximum atomic E-state index is 11.6. The van der Waals surface area contributed by atoms with E-state index in [1.54, 1.807) is 6.07 Å². The number of nitrogens with zero attached hydrogens (tertiary/aromatic N) is 1. The number of pyridine rings is 1. The predicted octanol–water partition coefficient (Wildman–Crippen LogP) is 2.26. The molecule has 88 valence electrons. The third-order valence-electron chi connectivity index (χ3n) is 2.10. The van der Waals surface area contributed by atoms with Crippen LogP contribution in [0.15, 0.2) is 18.3 Å². The molecular formula is C12H18N2O2. The minimum Gasteiger partial charge on any atom is -0.462 e. The number of nitrogens with two attached hydrogens (primary N) is 1. The van der Waals surface area contributed by atoms with E-state index in [1.165, 1.54) is 12.3 Å². The Kier molecular flexibility index (Phi) is 3.88. The zero-order valence-corrected chi connectivity index (χ0v) is 9.99. The van der Waals surface area contributed by atoms with Crippen LogP contribution >= 0.6 is 0 Å². The smallest absolute Gasteiger partial charge is 0.338 e. The summed E-state index contributed by atoms with van der Waals surface area (Å²) in [7, 11) is 0. The monoisotopic (exact) mass is 222 g/mol. The van der Waals surface area contributed by atoms with Crippen LogP contribution in [0.25, 0.3) is 0 Å². The molecule has 0 radical (unpaired) electrons. The fourth-order valence-electron chi connectivity index (χ4n) is 1.11. The van der Waals surface area contributed by atoms with E-state index in [-0.39, 0.29) is 11.4 Å². The molecule has 1 aromatic heterocycles. The third kappa shape index (κ3) is 4.29. The van der Waals surface area contributed by atoms with E-state index < -0.39 is 0 Å². The van der Waals surface area contributed by atoms with Crippen molar-refractivity contribution in [3.8, 4) is 0 Å². The van der Waals surface area contributed by atoms with Gasteiger partial charge in [-0.25, -0.2) is 9.78 Å². The normalized spacial score (nSPS) is 11.2. The molecule has 0 aliphatic carbocycles. The van der Waals surface area contributed by atoms with E-state index in [2.05, 4.69) is 25.8 Å². The number of carbonyl (C=O) groups is 1. The van der Waals surface area contributed by atoms with E-state index in [9.17, 15) is 4.79 Å². The summed E-state index contributed by atoms with van der Waals surface area (Å²) in [6, 6.07) is 3.11. The SMILES string of the molecule is CC(C)(C)CCOC(=O)c1ccnc(N)c1. The molecule has 0 aromatic carbocycles. The molecule has 4 nitrogen and oxygen atoms in total. The van der Waals surface area contributed by atoms with Gasteiger partial charge in [-0.1, -0.05) is 20.8 Å². The summed E-state index contributed by atoms with van der Waals surface area (Å²) in [6.07, 6.45) is 2.33. The lowest BCUT2D eigenvalue weighted by Crippen LogP contribution is -2.13. The Morgan fingerprint density at radius 3 is 2.75 bits per heavy atom. The second-order valence-corrected chi connectivity index (χ2v) is 4.92. The highest BCUT2D eigenvalue weighted by molar-refractivity contribution is 5.89. The van der Waals surface area contributed by atoms with Crippen LogP contribution in [0, 0.1) is 5.41 Å². The molecule has 1 aromatic rings. The average Bonchev–Trinajstić information content (AvgIpc) is 2.15. The second kappa shape index (κ2) is 4.96. The Balaban J connectivity index is 2.47. The van der Waals surface area contributed by atoms with Crippen LogP contribution in [0.1, 0.15) is 37.6 Å². The first-order chi connectivity index (χ1) is 7.38. The van der Waals surface area contributed by atoms with Crippen molar-refractivity contribution in [3.05, 3.63) is 23.9 Å². The lowest BCUT2D eigenvalue weighted by atomic mass is 9.93. The Hall–Kier alpha value is -1.58. The fourth-order valence-corrected chi connectivity index (χ4v) is 1.11. The fraction of sp³-hybridized carbons (Fsp3) is 0.500. The van der Waals surface area contributed by atoms with Gasteiger partial charge in [0.1, 0.15) is 5.82 Å².